The molecular formula is C11H11N7. The van der Waals surface area contributed by atoms with Gasteiger partial charge in [-0.15, -0.1) is 5.10 Å². The smallest absolute Gasteiger partial charge is 0.188 e. The van der Waals surface area contributed by atoms with E-state index in [0.717, 1.165) is 5.56 Å². The van der Waals surface area contributed by atoms with Gasteiger partial charge in [0.15, 0.2) is 11.6 Å². The molecule has 0 aliphatic heterocycles. The number of hydrogen-bond acceptors (Lipinski definition) is 5. The zero-order valence-corrected chi connectivity index (χ0v) is 9.72. The first-order chi connectivity index (χ1) is 8.74. The van der Waals surface area contributed by atoms with Crippen LogP contribution in [0.3, 0.4) is 0 Å². The molecule has 3 aromatic rings. The van der Waals surface area contributed by atoms with Crippen LogP contribution in [0, 0.1) is 0 Å². The van der Waals surface area contributed by atoms with E-state index >= 15 is 0 Å². The van der Waals surface area contributed by atoms with Crippen LogP contribution in [0.1, 0.15) is 0 Å². The fourth-order valence-corrected chi connectivity index (χ4v) is 1.67. The van der Waals surface area contributed by atoms with Crippen molar-refractivity contribution < 1.29 is 0 Å². The Balaban J connectivity index is 2.09. The van der Waals surface area contributed by atoms with Crippen molar-refractivity contribution in [2.75, 3.05) is 5.73 Å². The summed E-state index contributed by atoms with van der Waals surface area (Å²) in [5.41, 5.74) is 7.25. The van der Waals surface area contributed by atoms with Gasteiger partial charge in [0.1, 0.15) is 0 Å². The Kier molecular flexibility index (Phi) is 2.30. The van der Waals surface area contributed by atoms with Crippen molar-refractivity contribution in [3.8, 4) is 17.2 Å². The van der Waals surface area contributed by atoms with Gasteiger partial charge in [-0.3, -0.25) is 4.68 Å². The molecule has 2 heterocycles. The van der Waals surface area contributed by atoms with Gasteiger partial charge in [0.2, 0.25) is 0 Å². The minimum absolute atomic E-state index is 0.633. The minimum Gasteiger partial charge on any atom is -0.399 e. The molecule has 2 N–H and O–H groups in total. The Morgan fingerprint density at radius 2 is 1.89 bits per heavy atom. The topological polar surface area (TPSA) is 87.4 Å². The van der Waals surface area contributed by atoms with Crippen molar-refractivity contribution in [2.45, 2.75) is 0 Å². The maximum atomic E-state index is 5.66. The number of nitrogens with zero attached hydrogens (tertiary/aromatic N) is 6. The van der Waals surface area contributed by atoms with E-state index in [-0.39, 0.29) is 0 Å². The largest absolute Gasteiger partial charge is 0.399 e. The van der Waals surface area contributed by atoms with Crippen molar-refractivity contribution in [3.05, 3.63) is 36.5 Å². The van der Waals surface area contributed by atoms with Crippen molar-refractivity contribution in [2.24, 2.45) is 7.05 Å². The Morgan fingerprint density at radius 1 is 1.11 bits per heavy atom. The third kappa shape index (κ3) is 1.71. The molecule has 0 aliphatic carbocycles. The van der Waals surface area contributed by atoms with Gasteiger partial charge in [0.05, 0.1) is 0 Å². The molecule has 7 heteroatoms. The maximum Gasteiger partial charge on any atom is 0.188 e. The second-order valence-corrected chi connectivity index (χ2v) is 3.88. The molecule has 0 fully saturated rings. The molecule has 0 saturated heterocycles. The fraction of sp³-hybridized carbons (Fsp3) is 0.0909. The third-order valence-corrected chi connectivity index (χ3v) is 2.55. The Bertz CT molecular complexity index is 665. The van der Waals surface area contributed by atoms with E-state index in [1.165, 1.54) is 0 Å². The SMILES string of the molecule is Cn1ccc(-n2nnnc2-c2ccc(N)cc2)n1. The lowest BCUT2D eigenvalue weighted by atomic mass is 10.2. The first-order valence-corrected chi connectivity index (χ1v) is 5.38. The average Bonchev–Trinajstić information content (AvgIpc) is 2.98. The highest BCUT2D eigenvalue weighted by atomic mass is 15.6. The molecular weight excluding hydrogens is 230 g/mol. The van der Waals surface area contributed by atoms with Gasteiger partial charge in [-0.25, -0.2) is 0 Å². The predicted octanol–water partition coefficient (Wildman–Crippen LogP) is 0.645. The van der Waals surface area contributed by atoms with Crippen LogP contribution < -0.4 is 5.73 Å². The van der Waals surface area contributed by atoms with E-state index in [1.807, 2.05) is 43.6 Å². The summed E-state index contributed by atoms with van der Waals surface area (Å²) in [5, 5.41) is 15.9. The van der Waals surface area contributed by atoms with E-state index in [2.05, 4.69) is 20.6 Å². The third-order valence-electron chi connectivity index (χ3n) is 2.55. The molecule has 0 amide bonds. The first kappa shape index (κ1) is 10.5. The first-order valence-electron chi connectivity index (χ1n) is 5.38. The van der Waals surface area contributed by atoms with Crippen LogP contribution in [0.5, 0.6) is 0 Å². The number of aromatic nitrogens is 6. The van der Waals surface area contributed by atoms with Crippen LogP contribution >= 0.6 is 0 Å². The number of aryl methyl sites for hydroxylation is 1. The van der Waals surface area contributed by atoms with E-state index in [0.29, 0.717) is 17.3 Å². The standard InChI is InChI=1S/C11H11N7/c1-17-7-6-10(14-17)18-11(13-15-16-18)8-2-4-9(12)5-3-8/h2-7H,12H2,1H3. The molecule has 90 valence electrons. The summed E-state index contributed by atoms with van der Waals surface area (Å²) in [4.78, 5) is 0. The molecule has 7 nitrogen and oxygen atoms in total. The fourth-order valence-electron chi connectivity index (χ4n) is 1.67. The molecule has 18 heavy (non-hydrogen) atoms. The molecule has 3 rings (SSSR count). The predicted molar refractivity (Wildman–Crippen MR) is 65.8 cm³/mol. The summed E-state index contributed by atoms with van der Waals surface area (Å²) in [6.07, 6.45) is 1.84. The van der Waals surface area contributed by atoms with Gasteiger partial charge in [-0.05, 0) is 34.7 Å². The molecule has 0 unspecified atom stereocenters. The van der Waals surface area contributed by atoms with Crippen molar-refractivity contribution >= 4 is 5.69 Å². The summed E-state index contributed by atoms with van der Waals surface area (Å²) < 4.78 is 3.29. The quantitative estimate of drug-likeness (QED) is 0.665. The van der Waals surface area contributed by atoms with E-state index in [4.69, 9.17) is 5.73 Å². The number of rotatable bonds is 2. The average molecular weight is 241 g/mol. The minimum atomic E-state index is 0.633. The van der Waals surface area contributed by atoms with E-state index in [9.17, 15) is 0 Å². The summed E-state index contributed by atoms with van der Waals surface area (Å²) >= 11 is 0. The van der Waals surface area contributed by atoms with Crippen molar-refractivity contribution in [1.82, 2.24) is 30.0 Å². The molecule has 0 bridgehead atoms. The number of hydrogen-bond donors (Lipinski definition) is 1. The Hall–Kier alpha value is -2.70. The van der Waals surface area contributed by atoms with Crippen LogP contribution in [0.2, 0.25) is 0 Å². The van der Waals surface area contributed by atoms with Crippen molar-refractivity contribution in [1.29, 1.82) is 0 Å². The lowest BCUT2D eigenvalue weighted by Crippen LogP contribution is -2.02. The number of nitrogens with two attached hydrogens (primary N) is 1. The zero-order valence-electron chi connectivity index (χ0n) is 9.72. The highest BCUT2D eigenvalue weighted by molar-refractivity contribution is 5.59. The summed E-state index contributed by atoms with van der Waals surface area (Å²) in [6.45, 7) is 0. The van der Waals surface area contributed by atoms with Crippen LogP contribution in [-0.4, -0.2) is 30.0 Å². The highest BCUT2D eigenvalue weighted by Crippen LogP contribution is 2.19. The zero-order chi connectivity index (χ0) is 12.5. The maximum absolute atomic E-state index is 5.66. The van der Waals surface area contributed by atoms with Gasteiger partial charge in [0.25, 0.3) is 0 Å². The Labute approximate surface area is 103 Å². The monoisotopic (exact) mass is 241 g/mol. The molecule has 0 saturated carbocycles. The number of benzene rings is 1. The van der Waals surface area contributed by atoms with E-state index < -0.39 is 0 Å². The lowest BCUT2D eigenvalue weighted by molar-refractivity contribution is 0.715. The molecule has 0 aliphatic rings. The molecule has 0 spiro atoms. The van der Waals surface area contributed by atoms with Crippen LogP contribution in [0.4, 0.5) is 5.69 Å². The van der Waals surface area contributed by atoms with E-state index in [1.54, 1.807) is 9.36 Å². The van der Waals surface area contributed by atoms with Gasteiger partial charge < -0.3 is 5.73 Å². The van der Waals surface area contributed by atoms with Crippen LogP contribution in [0.25, 0.3) is 17.2 Å². The Morgan fingerprint density at radius 3 is 2.56 bits per heavy atom. The molecule has 0 radical (unpaired) electrons. The molecule has 0 atom stereocenters. The van der Waals surface area contributed by atoms with Crippen LogP contribution in [0.15, 0.2) is 36.5 Å². The molecule has 2 aromatic heterocycles. The number of anilines is 1. The van der Waals surface area contributed by atoms with Gasteiger partial charge in [-0.1, -0.05) is 0 Å². The summed E-state index contributed by atoms with van der Waals surface area (Å²) in [7, 11) is 1.84. The second kappa shape index (κ2) is 3.95. The lowest BCUT2D eigenvalue weighted by Gasteiger charge is -2.01. The van der Waals surface area contributed by atoms with Crippen LogP contribution in [-0.2, 0) is 7.05 Å². The highest BCUT2D eigenvalue weighted by Gasteiger charge is 2.12. The number of tetrazole rings is 1. The summed E-state index contributed by atoms with van der Waals surface area (Å²) in [5.74, 6) is 1.31. The number of nitrogen functional groups attached to an aromatic ring is 1. The van der Waals surface area contributed by atoms with Gasteiger partial charge in [-0.2, -0.15) is 9.78 Å². The molecule has 1 aromatic carbocycles. The van der Waals surface area contributed by atoms with Crippen molar-refractivity contribution in [3.63, 3.8) is 0 Å². The normalized spacial score (nSPS) is 10.7. The second-order valence-electron chi connectivity index (χ2n) is 3.88. The van der Waals surface area contributed by atoms with Gasteiger partial charge in [0, 0.05) is 30.6 Å². The summed E-state index contributed by atoms with van der Waals surface area (Å²) in [6, 6.07) is 9.22. The van der Waals surface area contributed by atoms with Gasteiger partial charge >= 0.3 is 0 Å².